The van der Waals surface area contributed by atoms with E-state index in [1.807, 2.05) is 37.3 Å². The Kier molecular flexibility index (Phi) is 6.36. The molecule has 8 nitrogen and oxygen atoms in total. The number of hydrogen-bond acceptors (Lipinski definition) is 6. The van der Waals surface area contributed by atoms with Crippen LogP contribution >= 0.6 is 0 Å². The van der Waals surface area contributed by atoms with E-state index in [-0.39, 0.29) is 5.56 Å². The van der Waals surface area contributed by atoms with Crippen molar-refractivity contribution in [1.82, 2.24) is 9.78 Å². The average molecular weight is 409 g/mol. The first-order valence-corrected chi connectivity index (χ1v) is 9.25. The fourth-order valence-corrected chi connectivity index (χ4v) is 3.00. The lowest BCUT2D eigenvalue weighted by Crippen LogP contribution is -2.21. The highest BCUT2D eigenvalue weighted by Crippen LogP contribution is 2.28. The summed E-state index contributed by atoms with van der Waals surface area (Å²) in [4.78, 5) is 24.6. The molecule has 3 rings (SSSR count). The molecule has 0 saturated heterocycles. The molecule has 0 radical (unpaired) electrons. The predicted octanol–water partition coefficient (Wildman–Crippen LogP) is 3.30. The van der Waals surface area contributed by atoms with Gasteiger partial charge in [-0.2, -0.15) is 5.10 Å². The zero-order chi connectivity index (χ0) is 21.7. The molecule has 1 N–H and O–H groups in total. The molecule has 1 amide bonds. The molecule has 0 fully saturated rings. The van der Waals surface area contributed by atoms with Gasteiger partial charge in [-0.05, 0) is 44.2 Å². The number of carbonyl (C=O) groups excluding carboxylic acids is 2. The molecule has 0 aliphatic rings. The number of ether oxygens (including phenoxy) is 3. The van der Waals surface area contributed by atoms with Gasteiger partial charge in [0, 0.05) is 0 Å². The number of benzene rings is 2. The molecule has 0 aliphatic carbocycles. The fraction of sp³-hybridized carbons (Fsp3) is 0.227. The van der Waals surface area contributed by atoms with Crippen molar-refractivity contribution in [2.45, 2.75) is 13.8 Å². The topological polar surface area (TPSA) is 91.7 Å². The van der Waals surface area contributed by atoms with Crippen molar-refractivity contribution in [1.29, 1.82) is 0 Å². The minimum atomic E-state index is -0.639. The van der Waals surface area contributed by atoms with Crippen LogP contribution in [-0.4, -0.2) is 42.5 Å². The smallest absolute Gasteiger partial charge is 0.338 e. The van der Waals surface area contributed by atoms with Crippen molar-refractivity contribution >= 4 is 17.6 Å². The first kappa shape index (κ1) is 20.9. The second kappa shape index (κ2) is 9.13. The summed E-state index contributed by atoms with van der Waals surface area (Å²) in [5.74, 6) is -0.202. The van der Waals surface area contributed by atoms with Crippen LogP contribution in [0.4, 0.5) is 5.69 Å². The fourth-order valence-electron chi connectivity index (χ4n) is 3.00. The maximum absolute atomic E-state index is 12.4. The largest absolute Gasteiger partial charge is 0.493 e. The summed E-state index contributed by atoms with van der Waals surface area (Å²) in [7, 11) is 2.98. The normalized spacial score (nSPS) is 10.4. The highest BCUT2D eigenvalue weighted by Gasteiger charge is 2.17. The minimum absolute atomic E-state index is 0.254. The van der Waals surface area contributed by atoms with Crippen LogP contribution in [0.15, 0.2) is 48.5 Å². The highest BCUT2D eigenvalue weighted by atomic mass is 16.5. The molecule has 8 heteroatoms. The van der Waals surface area contributed by atoms with E-state index in [4.69, 9.17) is 14.2 Å². The van der Waals surface area contributed by atoms with Gasteiger partial charge in [0.2, 0.25) is 0 Å². The van der Waals surface area contributed by atoms with Crippen LogP contribution in [0.1, 0.15) is 21.7 Å². The summed E-state index contributed by atoms with van der Waals surface area (Å²) < 4.78 is 17.2. The third kappa shape index (κ3) is 4.43. The number of nitrogens with zero attached hydrogens (tertiary/aromatic N) is 2. The number of anilines is 1. The van der Waals surface area contributed by atoms with Gasteiger partial charge >= 0.3 is 5.97 Å². The molecule has 30 heavy (non-hydrogen) atoms. The zero-order valence-electron chi connectivity index (χ0n) is 17.3. The van der Waals surface area contributed by atoms with Crippen molar-refractivity contribution < 1.29 is 23.8 Å². The zero-order valence-corrected chi connectivity index (χ0v) is 17.3. The Hall–Kier alpha value is -3.81. The number of aryl methyl sites for hydroxylation is 1. The van der Waals surface area contributed by atoms with Crippen molar-refractivity contribution in [3.8, 4) is 17.2 Å². The lowest BCUT2D eigenvalue weighted by atomic mass is 10.2. The molecule has 0 aliphatic heterocycles. The van der Waals surface area contributed by atoms with E-state index in [1.54, 1.807) is 23.7 Å². The second-order valence-corrected chi connectivity index (χ2v) is 6.49. The second-order valence-electron chi connectivity index (χ2n) is 6.49. The Morgan fingerprint density at radius 1 is 1.00 bits per heavy atom. The van der Waals surface area contributed by atoms with E-state index in [9.17, 15) is 9.59 Å². The first-order chi connectivity index (χ1) is 14.4. The number of aromatic nitrogens is 2. The van der Waals surface area contributed by atoms with Gasteiger partial charge in [0.15, 0.2) is 18.1 Å². The number of para-hydroxylation sites is 1. The Bertz CT molecular complexity index is 1060. The summed E-state index contributed by atoms with van der Waals surface area (Å²) in [5.41, 5.74) is 3.17. The van der Waals surface area contributed by atoms with Gasteiger partial charge in [-0.1, -0.05) is 18.2 Å². The molecule has 0 spiro atoms. The Morgan fingerprint density at radius 2 is 1.70 bits per heavy atom. The first-order valence-electron chi connectivity index (χ1n) is 9.25. The SMILES string of the molecule is COc1ccc(C(=O)OCC(=O)Nc2c(C)nn(-c3ccccc3)c2C)cc1OC. The number of carbonyl (C=O) groups is 2. The number of amides is 1. The van der Waals surface area contributed by atoms with Gasteiger partial charge in [-0.3, -0.25) is 4.79 Å². The van der Waals surface area contributed by atoms with E-state index in [1.165, 1.54) is 20.3 Å². The summed E-state index contributed by atoms with van der Waals surface area (Å²) in [5, 5.41) is 7.25. The lowest BCUT2D eigenvalue weighted by Gasteiger charge is -2.10. The molecule has 0 saturated carbocycles. The standard InChI is InChI=1S/C22H23N3O5/c1-14-21(15(2)25(24-14)17-8-6-5-7-9-17)23-20(26)13-30-22(27)16-10-11-18(28-3)19(12-16)29-4/h5-12H,13H2,1-4H3,(H,23,26). The van der Waals surface area contributed by atoms with Crippen LogP contribution in [0, 0.1) is 13.8 Å². The maximum Gasteiger partial charge on any atom is 0.338 e. The summed E-state index contributed by atoms with van der Waals surface area (Å²) in [6.45, 7) is 3.23. The molecule has 0 unspecified atom stereocenters. The molecule has 1 heterocycles. The summed E-state index contributed by atoms with van der Waals surface area (Å²) in [6.07, 6.45) is 0. The van der Waals surface area contributed by atoms with E-state index in [0.29, 0.717) is 22.9 Å². The number of methoxy groups -OCH3 is 2. The van der Waals surface area contributed by atoms with Gasteiger partial charge in [-0.25, -0.2) is 9.48 Å². The quantitative estimate of drug-likeness (QED) is 0.602. The highest BCUT2D eigenvalue weighted by molar-refractivity contribution is 5.96. The third-order valence-corrected chi connectivity index (χ3v) is 4.51. The third-order valence-electron chi connectivity index (χ3n) is 4.51. The maximum atomic E-state index is 12.4. The Morgan fingerprint density at radius 3 is 2.37 bits per heavy atom. The van der Waals surface area contributed by atoms with Gasteiger partial charge < -0.3 is 19.5 Å². The predicted molar refractivity (Wildman–Crippen MR) is 111 cm³/mol. The summed E-state index contributed by atoms with van der Waals surface area (Å²) >= 11 is 0. The van der Waals surface area contributed by atoms with Crippen LogP contribution in [0.25, 0.3) is 5.69 Å². The lowest BCUT2D eigenvalue weighted by molar-refractivity contribution is -0.119. The van der Waals surface area contributed by atoms with Gasteiger partial charge in [0.25, 0.3) is 5.91 Å². The van der Waals surface area contributed by atoms with Crippen molar-refractivity contribution in [3.05, 3.63) is 65.5 Å². The van der Waals surface area contributed by atoms with Crippen LogP contribution < -0.4 is 14.8 Å². The number of rotatable bonds is 7. The van der Waals surface area contributed by atoms with E-state index in [0.717, 1.165) is 11.4 Å². The van der Waals surface area contributed by atoms with Crippen molar-refractivity contribution in [3.63, 3.8) is 0 Å². The van der Waals surface area contributed by atoms with Gasteiger partial charge in [0.1, 0.15) is 0 Å². The number of hydrogen-bond donors (Lipinski definition) is 1. The average Bonchev–Trinajstić information content (AvgIpc) is 3.05. The number of esters is 1. The van der Waals surface area contributed by atoms with E-state index in [2.05, 4.69) is 10.4 Å². The van der Waals surface area contributed by atoms with Gasteiger partial charge in [-0.15, -0.1) is 0 Å². The molecule has 0 atom stereocenters. The minimum Gasteiger partial charge on any atom is -0.493 e. The van der Waals surface area contributed by atoms with Crippen molar-refractivity contribution in [2.75, 3.05) is 26.1 Å². The van der Waals surface area contributed by atoms with Gasteiger partial charge in [0.05, 0.1) is 42.5 Å². The molecule has 3 aromatic rings. The summed E-state index contributed by atoms with van der Waals surface area (Å²) in [6, 6.07) is 14.2. The number of nitrogens with one attached hydrogen (secondary N) is 1. The van der Waals surface area contributed by atoms with Crippen molar-refractivity contribution in [2.24, 2.45) is 0 Å². The Balaban J connectivity index is 1.65. The van der Waals surface area contributed by atoms with Crippen LogP contribution in [-0.2, 0) is 9.53 Å². The van der Waals surface area contributed by atoms with E-state index >= 15 is 0 Å². The molecular weight excluding hydrogens is 386 g/mol. The monoisotopic (exact) mass is 409 g/mol. The molecule has 2 aromatic carbocycles. The van der Waals surface area contributed by atoms with Crippen LogP contribution in [0.3, 0.4) is 0 Å². The molecular formula is C22H23N3O5. The molecule has 1 aromatic heterocycles. The van der Waals surface area contributed by atoms with E-state index < -0.39 is 18.5 Å². The van der Waals surface area contributed by atoms with Crippen LogP contribution in [0.2, 0.25) is 0 Å². The van der Waals surface area contributed by atoms with Crippen LogP contribution in [0.5, 0.6) is 11.5 Å². The Labute approximate surface area is 174 Å². The molecule has 156 valence electrons. The molecule has 0 bridgehead atoms.